The number of thiazole rings is 1. The van der Waals surface area contributed by atoms with Gasteiger partial charge in [-0.05, 0) is 17.5 Å². The molecule has 16 heavy (non-hydrogen) atoms. The lowest BCUT2D eigenvalue weighted by Gasteiger charge is -2.07. The van der Waals surface area contributed by atoms with E-state index in [1.165, 1.54) is 10.3 Å². The third kappa shape index (κ3) is 1.15. The Kier molecular flexibility index (Phi) is 1.91. The van der Waals surface area contributed by atoms with E-state index in [0.29, 0.717) is 11.9 Å². The second-order valence-corrected chi connectivity index (χ2v) is 5.14. The standard InChI is InChI=1S/C11H12N4S/c1-6(2)7-4-3-5-8-9(7)15-10(12)13-14-11(15)16-8/h3-6H,1-2H3,(H2,12,13). The van der Waals surface area contributed by atoms with Crippen molar-refractivity contribution in [3.8, 4) is 0 Å². The molecule has 0 bridgehead atoms. The molecule has 0 radical (unpaired) electrons. The Morgan fingerprint density at radius 1 is 1.31 bits per heavy atom. The minimum Gasteiger partial charge on any atom is -0.368 e. The highest BCUT2D eigenvalue weighted by Crippen LogP contribution is 2.32. The first kappa shape index (κ1) is 9.59. The van der Waals surface area contributed by atoms with Crippen molar-refractivity contribution in [3.63, 3.8) is 0 Å². The van der Waals surface area contributed by atoms with Crippen LogP contribution in [0.5, 0.6) is 0 Å². The minimum absolute atomic E-state index is 0.461. The van der Waals surface area contributed by atoms with Crippen molar-refractivity contribution in [2.24, 2.45) is 0 Å². The molecule has 0 fully saturated rings. The van der Waals surface area contributed by atoms with Crippen LogP contribution in [0.15, 0.2) is 18.2 Å². The van der Waals surface area contributed by atoms with E-state index in [2.05, 4.69) is 42.2 Å². The van der Waals surface area contributed by atoms with Crippen LogP contribution < -0.4 is 5.73 Å². The Balaban J connectivity index is 2.55. The Morgan fingerprint density at radius 3 is 2.88 bits per heavy atom. The molecule has 0 atom stereocenters. The maximum absolute atomic E-state index is 5.85. The third-order valence-electron chi connectivity index (χ3n) is 2.74. The largest absolute Gasteiger partial charge is 0.368 e. The van der Waals surface area contributed by atoms with Gasteiger partial charge in [0.05, 0.1) is 10.2 Å². The lowest BCUT2D eigenvalue weighted by atomic mass is 10.0. The molecular weight excluding hydrogens is 220 g/mol. The predicted molar refractivity (Wildman–Crippen MR) is 66.9 cm³/mol. The quantitative estimate of drug-likeness (QED) is 0.701. The van der Waals surface area contributed by atoms with E-state index in [4.69, 9.17) is 5.73 Å². The highest BCUT2D eigenvalue weighted by Gasteiger charge is 2.14. The van der Waals surface area contributed by atoms with E-state index in [-0.39, 0.29) is 0 Å². The Morgan fingerprint density at radius 2 is 2.12 bits per heavy atom. The summed E-state index contributed by atoms with van der Waals surface area (Å²) in [4.78, 5) is 0.862. The molecule has 1 aromatic carbocycles. The van der Waals surface area contributed by atoms with Gasteiger partial charge in [0.1, 0.15) is 0 Å². The van der Waals surface area contributed by atoms with Gasteiger partial charge in [0.25, 0.3) is 0 Å². The maximum atomic E-state index is 5.85. The third-order valence-corrected chi connectivity index (χ3v) is 3.73. The van der Waals surface area contributed by atoms with Crippen LogP contribution in [0.25, 0.3) is 15.2 Å². The second kappa shape index (κ2) is 3.18. The van der Waals surface area contributed by atoms with Gasteiger partial charge in [-0.1, -0.05) is 37.3 Å². The smallest absolute Gasteiger partial charge is 0.227 e. The predicted octanol–water partition coefficient (Wildman–Crippen LogP) is 2.65. The molecular formula is C11H12N4S. The molecule has 82 valence electrons. The molecule has 0 aliphatic rings. The summed E-state index contributed by atoms with van der Waals surface area (Å²) < 4.78 is 3.15. The number of aromatic nitrogens is 3. The fourth-order valence-corrected chi connectivity index (χ4v) is 2.99. The van der Waals surface area contributed by atoms with Crippen molar-refractivity contribution >= 4 is 32.5 Å². The number of nitrogens with two attached hydrogens (primary N) is 1. The zero-order valence-electron chi connectivity index (χ0n) is 9.14. The minimum atomic E-state index is 0.461. The van der Waals surface area contributed by atoms with Crippen molar-refractivity contribution in [2.45, 2.75) is 19.8 Å². The SMILES string of the molecule is CC(C)c1cccc2sc3nnc(N)n3c12. The highest BCUT2D eigenvalue weighted by molar-refractivity contribution is 7.23. The van der Waals surface area contributed by atoms with Gasteiger partial charge in [0, 0.05) is 0 Å². The van der Waals surface area contributed by atoms with Gasteiger partial charge < -0.3 is 5.73 Å². The van der Waals surface area contributed by atoms with Crippen LogP contribution >= 0.6 is 11.3 Å². The first-order chi connectivity index (χ1) is 7.68. The molecule has 5 heteroatoms. The molecule has 2 heterocycles. The van der Waals surface area contributed by atoms with Crippen LogP contribution in [0, 0.1) is 0 Å². The van der Waals surface area contributed by atoms with Crippen LogP contribution in [-0.2, 0) is 0 Å². The number of rotatable bonds is 1. The number of hydrogen-bond acceptors (Lipinski definition) is 4. The molecule has 4 nitrogen and oxygen atoms in total. The number of hydrogen-bond donors (Lipinski definition) is 1. The molecule has 0 aliphatic carbocycles. The second-order valence-electron chi connectivity index (χ2n) is 4.13. The number of fused-ring (bicyclic) bond motifs is 3. The van der Waals surface area contributed by atoms with Gasteiger partial charge in [-0.3, -0.25) is 4.40 Å². The van der Waals surface area contributed by atoms with E-state index >= 15 is 0 Å². The maximum Gasteiger partial charge on any atom is 0.227 e. The Labute approximate surface area is 96.7 Å². The lowest BCUT2D eigenvalue weighted by molar-refractivity contribution is 0.871. The summed E-state index contributed by atoms with van der Waals surface area (Å²) in [6, 6.07) is 6.32. The number of nitrogens with zero attached hydrogens (tertiary/aromatic N) is 3. The van der Waals surface area contributed by atoms with Gasteiger partial charge in [0.15, 0.2) is 0 Å². The van der Waals surface area contributed by atoms with E-state index in [1.54, 1.807) is 11.3 Å². The number of anilines is 1. The number of para-hydroxylation sites is 1. The number of nitrogen functional groups attached to an aromatic ring is 1. The summed E-state index contributed by atoms with van der Waals surface area (Å²) in [6.45, 7) is 4.36. The molecule has 2 N–H and O–H groups in total. The van der Waals surface area contributed by atoms with E-state index in [1.807, 2.05) is 4.40 Å². The summed E-state index contributed by atoms with van der Waals surface area (Å²) in [7, 11) is 0. The summed E-state index contributed by atoms with van der Waals surface area (Å²) >= 11 is 1.62. The summed E-state index contributed by atoms with van der Waals surface area (Å²) in [5.74, 6) is 0.928. The van der Waals surface area contributed by atoms with Gasteiger partial charge in [0.2, 0.25) is 10.9 Å². The first-order valence-corrected chi connectivity index (χ1v) is 6.02. The van der Waals surface area contributed by atoms with Crippen molar-refractivity contribution in [1.82, 2.24) is 14.6 Å². The van der Waals surface area contributed by atoms with Crippen molar-refractivity contribution in [3.05, 3.63) is 23.8 Å². The molecule has 0 saturated heterocycles. The number of benzene rings is 1. The van der Waals surface area contributed by atoms with Crippen LogP contribution in [0.2, 0.25) is 0 Å². The zero-order chi connectivity index (χ0) is 11.3. The molecule has 0 saturated carbocycles. The van der Waals surface area contributed by atoms with Crippen molar-refractivity contribution in [1.29, 1.82) is 0 Å². The zero-order valence-corrected chi connectivity index (χ0v) is 9.95. The van der Waals surface area contributed by atoms with Gasteiger partial charge in [-0.25, -0.2) is 0 Å². The van der Waals surface area contributed by atoms with Gasteiger partial charge in [-0.15, -0.1) is 10.2 Å². The topological polar surface area (TPSA) is 56.2 Å². The average molecular weight is 232 g/mol. The summed E-state index contributed by atoms with van der Waals surface area (Å²) in [5, 5.41) is 7.97. The van der Waals surface area contributed by atoms with E-state index in [0.717, 1.165) is 10.5 Å². The normalized spacial score (nSPS) is 11.9. The van der Waals surface area contributed by atoms with Crippen molar-refractivity contribution in [2.75, 3.05) is 5.73 Å². The molecule has 0 aliphatic heterocycles. The molecule has 0 spiro atoms. The lowest BCUT2D eigenvalue weighted by Crippen LogP contribution is -1.96. The van der Waals surface area contributed by atoms with Crippen LogP contribution in [0.1, 0.15) is 25.3 Å². The van der Waals surface area contributed by atoms with Crippen LogP contribution in [0.3, 0.4) is 0 Å². The molecule has 0 amide bonds. The molecule has 3 rings (SSSR count). The Bertz CT molecular complexity index is 665. The first-order valence-electron chi connectivity index (χ1n) is 5.20. The summed E-state index contributed by atoms with van der Waals surface area (Å²) in [5.41, 5.74) is 8.29. The van der Waals surface area contributed by atoms with E-state index in [9.17, 15) is 0 Å². The fraction of sp³-hybridized carbons (Fsp3) is 0.273. The monoisotopic (exact) mass is 232 g/mol. The molecule has 3 aromatic rings. The van der Waals surface area contributed by atoms with Gasteiger partial charge in [-0.2, -0.15) is 0 Å². The highest BCUT2D eigenvalue weighted by atomic mass is 32.1. The molecule has 2 aromatic heterocycles. The van der Waals surface area contributed by atoms with Crippen molar-refractivity contribution < 1.29 is 0 Å². The van der Waals surface area contributed by atoms with Crippen LogP contribution in [-0.4, -0.2) is 14.6 Å². The summed E-state index contributed by atoms with van der Waals surface area (Å²) in [6.07, 6.45) is 0. The van der Waals surface area contributed by atoms with Gasteiger partial charge >= 0.3 is 0 Å². The van der Waals surface area contributed by atoms with Crippen LogP contribution in [0.4, 0.5) is 5.95 Å². The van der Waals surface area contributed by atoms with E-state index < -0.39 is 0 Å². The fourth-order valence-electron chi connectivity index (χ4n) is 1.98. The molecule has 0 unspecified atom stereocenters. The average Bonchev–Trinajstić information content (AvgIpc) is 2.77. The Hall–Kier alpha value is -1.62.